The standard InChI is InChI=1S/C21H26N2O4/c1-15-4-7-18(8-5-15)25-11-10-23(3)16(2)21(24)22-17-6-9-19-20(14-17)27-13-12-26-19/h4-9,14,16H,10-13H2,1-3H3,(H,22,24)/t16-/m0/s1. The molecule has 1 heterocycles. The van der Waals surface area contributed by atoms with E-state index in [0.29, 0.717) is 43.6 Å². The Morgan fingerprint density at radius 3 is 2.59 bits per heavy atom. The monoisotopic (exact) mass is 370 g/mol. The first-order valence-corrected chi connectivity index (χ1v) is 9.13. The summed E-state index contributed by atoms with van der Waals surface area (Å²) in [6.45, 7) is 6.14. The number of nitrogens with zero attached hydrogens (tertiary/aromatic N) is 1. The molecule has 2 aromatic carbocycles. The second kappa shape index (κ2) is 8.77. The van der Waals surface area contributed by atoms with Crippen LogP contribution in [0.1, 0.15) is 12.5 Å². The molecule has 1 amide bonds. The summed E-state index contributed by atoms with van der Waals surface area (Å²) in [4.78, 5) is 14.5. The van der Waals surface area contributed by atoms with Gasteiger partial charge in [0.15, 0.2) is 11.5 Å². The molecule has 0 saturated heterocycles. The summed E-state index contributed by atoms with van der Waals surface area (Å²) in [7, 11) is 1.91. The van der Waals surface area contributed by atoms with Crippen molar-refractivity contribution in [2.45, 2.75) is 19.9 Å². The molecule has 0 saturated carbocycles. The Hall–Kier alpha value is -2.73. The molecule has 1 atom stereocenters. The largest absolute Gasteiger partial charge is 0.492 e. The van der Waals surface area contributed by atoms with Gasteiger partial charge in [-0.05, 0) is 45.2 Å². The number of hydrogen-bond acceptors (Lipinski definition) is 5. The molecule has 1 N–H and O–H groups in total. The van der Waals surface area contributed by atoms with Gasteiger partial charge < -0.3 is 19.5 Å². The lowest BCUT2D eigenvalue weighted by molar-refractivity contribution is -0.120. The molecule has 144 valence electrons. The highest BCUT2D eigenvalue weighted by Crippen LogP contribution is 2.32. The fourth-order valence-electron chi connectivity index (χ4n) is 2.70. The number of fused-ring (bicyclic) bond motifs is 1. The van der Waals surface area contributed by atoms with Crippen molar-refractivity contribution >= 4 is 11.6 Å². The van der Waals surface area contributed by atoms with Crippen molar-refractivity contribution in [1.82, 2.24) is 4.90 Å². The third kappa shape index (κ3) is 5.14. The molecule has 27 heavy (non-hydrogen) atoms. The van der Waals surface area contributed by atoms with Crippen LogP contribution in [-0.2, 0) is 4.79 Å². The molecule has 0 fully saturated rings. The molecule has 6 heteroatoms. The summed E-state index contributed by atoms with van der Waals surface area (Å²) < 4.78 is 16.8. The lowest BCUT2D eigenvalue weighted by atomic mass is 10.2. The minimum atomic E-state index is -0.292. The van der Waals surface area contributed by atoms with Crippen molar-refractivity contribution in [3.05, 3.63) is 48.0 Å². The third-order valence-electron chi connectivity index (χ3n) is 4.58. The van der Waals surface area contributed by atoms with Crippen molar-refractivity contribution in [2.24, 2.45) is 0 Å². The summed E-state index contributed by atoms with van der Waals surface area (Å²) in [5, 5.41) is 2.93. The number of aryl methyl sites for hydroxylation is 1. The van der Waals surface area contributed by atoms with Crippen LogP contribution in [0.4, 0.5) is 5.69 Å². The van der Waals surface area contributed by atoms with E-state index in [1.54, 1.807) is 6.07 Å². The Bertz CT molecular complexity index is 776. The maximum Gasteiger partial charge on any atom is 0.241 e. The minimum absolute atomic E-state index is 0.0792. The average Bonchev–Trinajstić information content (AvgIpc) is 2.68. The van der Waals surface area contributed by atoms with Crippen LogP contribution in [-0.4, -0.2) is 50.3 Å². The number of carbonyl (C=O) groups is 1. The zero-order chi connectivity index (χ0) is 19.2. The highest BCUT2D eigenvalue weighted by Gasteiger charge is 2.19. The number of amides is 1. The van der Waals surface area contributed by atoms with E-state index in [9.17, 15) is 4.79 Å². The zero-order valence-electron chi connectivity index (χ0n) is 16.0. The van der Waals surface area contributed by atoms with E-state index in [0.717, 1.165) is 5.75 Å². The number of nitrogens with one attached hydrogen (secondary N) is 1. The molecule has 0 bridgehead atoms. The lowest BCUT2D eigenvalue weighted by Gasteiger charge is -2.24. The average molecular weight is 370 g/mol. The smallest absolute Gasteiger partial charge is 0.241 e. The van der Waals surface area contributed by atoms with Crippen LogP contribution >= 0.6 is 0 Å². The SMILES string of the molecule is Cc1ccc(OCCN(C)[C@@H](C)C(=O)Nc2ccc3c(c2)OCCO3)cc1. The van der Waals surface area contributed by atoms with E-state index >= 15 is 0 Å². The molecule has 6 nitrogen and oxygen atoms in total. The Morgan fingerprint density at radius 2 is 1.85 bits per heavy atom. The number of benzene rings is 2. The molecule has 0 aromatic heterocycles. The second-order valence-electron chi connectivity index (χ2n) is 6.67. The molecule has 3 rings (SSSR count). The first-order valence-electron chi connectivity index (χ1n) is 9.13. The molecule has 1 aliphatic rings. The van der Waals surface area contributed by atoms with Gasteiger partial charge in [-0.3, -0.25) is 9.69 Å². The van der Waals surface area contributed by atoms with Crippen LogP contribution in [0.3, 0.4) is 0 Å². The van der Waals surface area contributed by atoms with Gasteiger partial charge in [-0.1, -0.05) is 17.7 Å². The Morgan fingerprint density at radius 1 is 1.15 bits per heavy atom. The molecule has 2 aromatic rings. The van der Waals surface area contributed by atoms with Crippen molar-refractivity contribution in [1.29, 1.82) is 0 Å². The summed E-state index contributed by atoms with van der Waals surface area (Å²) in [6.07, 6.45) is 0. The molecule has 0 radical (unpaired) electrons. The molecule has 0 unspecified atom stereocenters. The summed E-state index contributed by atoms with van der Waals surface area (Å²) in [6, 6.07) is 13.1. The van der Waals surface area contributed by atoms with Crippen LogP contribution in [0.15, 0.2) is 42.5 Å². The number of carbonyl (C=O) groups excluding carboxylic acids is 1. The van der Waals surface area contributed by atoms with Gasteiger partial charge in [0, 0.05) is 18.3 Å². The second-order valence-corrected chi connectivity index (χ2v) is 6.67. The van der Waals surface area contributed by atoms with Gasteiger partial charge in [0.2, 0.25) is 5.91 Å². The first-order chi connectivity index (χ1) is 13.0. The fraction of sp³-hybridized carbons (Fsp3) is 0.381. The normalized spacial score (nSPS) is 13.9. The zero-order valence-corrected chi connectivity index (χ0v) is 16.0. The molecule has 0 aliphatic carbocycles. The summed E-state index contributed by atoms with van der Waals surface area (Å²) >= 11 is 0. The maximum atomic E-state index is 12.5. The van der Waals surface area contributed by atoms with Crippen LogP contribution in [0.25, 0.3) is 0 Å². The predicted molar refractivity (Wildman–Crippen MR) is 105 cm³/mol. The maximum absolute atomic E-state index is 12.5. The molecule has 0 spiro atoms. The van der Waals surface area contributed by atoms with E-state index in [2.05, 4.69) is 5.32 Å². The van der Waals surface area contributed by atoms with E-state index in [4.69, 9.17) is 14.2 Å². The van der Waals surface area contributed by atoms with Crippen molar-refractivity contribution in [3.8, 4) is 17.2 Å². The van der Waals surface area contributed by atoms with Crippen molar-refractivity contribution in [3.63, 3.8) is 0 Å². The lowest BCUT2D eigenvalue weighted by Crippen LogP contribution is -2.41. The number of anilines is 1. The molecular weight excluding hydrogens is 344 g/mol. The number of hydrogen-bond donors (Lipinski definition) is 1. The van der Waals surface area contributed by atoms with Crippen LogP contribution in [0, 0.1) is 6.92 Å². The van der Waals surface area contributed by atoms with Crippen molar-refractivity contribution in [2.75, 3.05) is 38.7 Å². The molecular formula is C21H26N2O4. The minimum Gasteiger partial charge on any atom is -0.492 e. The van der Waals surface area contributed by atoms with E-state index in [1.165, 1.54) is 5.56 Å². The highest BCUT2D eigenvalue weighted by atomic mass is 16.6. The summed E-state index contributed by atoms with van der Waals surface area (Å²) in [5.41, 5.74) is 1.89. The van der Waals surface area contributed by atoms with Crippen LogP contribution in [0.2, 0.25) is 0 Å². The first kappa shape index (κ1) is 19.0. The van der Waals surface area contributed by atoms with Gasteiger partial charge >= 0.3 is 0 Å². The fourth-order valence-corrected chi connectivity index (χ4v) is 2.70. The van der Waals surface area contributed by atoms with Gasteiger partial charge in [0.25, 0.3) is 0 Å². The van der Waals surface area contributed by atoms with Crippen molar-refractivity contribution < 1.29 is 19.0 Å². The van der Waals surface area contributed by atoms with Crippen LogP contribution < -0.4 is 19.5 Å². The Labute approximate surface area is 160 Å². The highest BCUT2D eigenvalue weighted by molar-refractivity contribution is 5.94. The van der Waals surface area contributed by atoms with Gasteiger partial charge in [-0.15, -0.1) is 0 Å². The predicted octanol–water partition coefficient (Wildman–Crippen LogP) is 3.10. The Kier molecular flexibility index (Phi) is 6.19. The van der Waals surface area contributed by atoms with E-state index in [-0.39, 0.29) is 11.9 Å². The number of ether oxygens (including phenoxy) is 3. The third-order valence-corrected chi connectivity index (χ3v) is 4.58. The van der Waals surface area contributed by atoms with Gasteiger partial charge in [-0.25, -0.2) is 0 Å². The molecule has 1 aliphatic heterocycles. The van der Waals surface area contributed by atoms with Gasteiger partial charge in [0.05, 0.1) is 6.04 Å². The van der Waals surface area contributed by atoms with E-state index in [1.807, 2.05) is 62.2 Å². The summed E-state index contributed by atoms with van der Waals surface area (Å²) in [5.74, 6) is 2.12. The Balaban J connectivity index is 1.48. The van der Waals surface area contributed by atoms with E-state index < -0.39 is 0 Å². The number of likely N-dealkylation sites (N-methyl/N-ethyl adjacent to an activating group) is 1. The number of rotatable bonds is 7. The van der Waals surface area contributed by atoms with Gasteiger partial charge in [-0.2, -0.15) is 0 Å². The van der Waals surface area contributed by atoms with Crippen LogP contribution in [0.5, 0.6) is 17.2 Å². The van der Waals surface area contributed by atoms with Gasteiger partial charge in [0.1, 0.15) is 25.6 Å². The quantitative estimate of drug-likeness (QED) is 0.812. The topological polar surface area (TPSA) is 60.0 Å².